The molecule has 8 nitrogen and oxygen atoms in total. The molecule has 1 fully saturated rings. The minimum absolute atomic E-state index is 0.0669. The standard InChI is InChI=1S/C17H22FN3O5/c18-11-1-2-12-13(7-11)20-16(19-12)9-25-10-17(23)21-14-8-24-5-3-15(14)26-6-4-22/h1-2,7,14-15,22H,3-6,8-10H2,(H,19,20)(H,21,23)/t14-,15+/m1/s1. The van der Waals surface area contributed by atoms with Crippen LogP contribution in [0.5, 0.6) is 0 Å². The Balaban J connectivity index is 1.45. The second-order valence-electron chi connectivity index (χ2n) is 6.01. The maximum absolute atomic E-state index is 13.2. The summed E-state index contributed by atoms with van der Waals surface area (Å²) in [5.74, 6) is -0.121. The first kappa shape index (κ1) is 18.7. The number of benzene rings is 1. The van der Waals surface area contributed by atoms with E-state index in [1.165, 1.54) is 12.1 Å². The van der Waals surface area contributed by atoms with Crippen LogP contribution in [0.4, 0.5) is 4.39 Å². The average Bonchev–Trinajstić information content (AvgIpc) is 3.02. The molecule has 1 aliphatic heterocycles. The first-order valence-corrected chi connectivity index (χ1v) is 8.47. The van der Waals surface area contributed by atoms with Crippen LogP contribution in [0, 0.1) is 5.82 Å². The highest BCUT2D eigenvalue weighted by molar-refractivity contribution is 5.77. The van der Waals surface area contributed by atoms with Gasteiger partial charge < -0.3 is 29.6 Å². The van der Waals surface area contributed by atoms with Gasteiger partial charge in [0.2, 0.25) is 5.91 Å². The molecule has 0 bridgehead atoms. The third-order valence-corrected chi connectivity index (χ3v) is 4.03. The van der Waals surface area contributed by atoms with Gasteiger partial charge in [-0.2, -0.15) is 0 Å². The number of aliphatic hydroxyl groups excluding tert-OH is 1. The van der Waals surface area contributed by atoms with Crippen LogP contribution in [-0.2, 0) is 25.6 Å². The molecule has 0 spiro atoms. The summed E-state index contributed by atoms with van der Waals surface area (Å²) in [6.45, 7) is 1.04. The summed E-state index contributed by atoms with van der Waals surface area (Å²) in [7, 11) is 0. The average molecular weight is 367 g/mol. The number of carbonyl (C=O) groups excluding carboxylic acids is 1. The minimum Gasteiger partial charge on any atom is -0.394 e. The highest BCUT2D eigenvalue weighted by Gasteiger charge is 2.27. The number of rotatable bonds is 8. The third kappa shape index (κ3) is 4.98. The second kappa shape index (κ2) is 9.04. The summed E-state index contributed by atoms with van der Waals surface area (Å²) in [4.78, 5) is 19.3. The van der Waals surface area contributed by atoms with Gasteiger partial charge in [-0.05, 0) is 24.6 Å². The molecule has 0 unspecified atom stereocenters. The molecule has 1 aromatic carbocycles. The summed E-state index contributed by atoms with van der Waals surface area (Å²) in [5, 5.41) is 11.7. The topological polar surface area (TPSA) is 106 Å². The quantitative estimate of drug-likeness (QED) is 0.628. The number of hydrogen-bond acceptors (Lipinski definition) is 6. The number of carbonyl (C=O) groups is 1. The van der Waals surface area contributed by atoms with Gasteiger partial charge in [0.25, 0.3) is 0 Å². The van der Waals surface area contributed by atoms with Crippen LogP contribution in [0.15, 0.2) is 18.2 Å². The van der Waals surface area contributed by atoms with Gasteiger partial charge in [0.05, 0.1) is 43.0 Å². The first-order valence-electron chi connectivity index (χ1n) is 8.47. The van der Waals surface area contributed by atoms with E-state index in [1.807, 2.05) is 0 Å². The van der Waals surface area contributed by atoms with Crippen molar-refractivity contribution < 1.29 is 28.5 Å². The smallest absolute Gasteiger partial charge is 0.246 e. The van der Waals surface area contributed by atoms with Gasteiger partial charge in [0.1, 0.15) is 24.9 Å². The molecule has 0 aliphatic carbocycles. The monoisotopic (exact) mass is 367 g/mol. The molecule has 1 aromatic heterocycles. The SMILES string of the molecule is O=C(COCc1nc2ccc(F)cc2[nH]1)N[C@@H]1COCC[C@@H]1OCCO. The number of hydrogen-bond donors (Lipinski definition) is 3. The van der Waals surface area contributed by atoms with Crippen molar-refractivity contribution >= 4 is 16.9 Å². The number of nitrogens with one attached hydrogen (secondary N) is 2. The predicted molar refractivity (Wildman–Crippen MR) is 89.9 cm³/mol. The zero-order chi connectivity index (χ0) is 18.4. The van der Waals surface area contributed by atoms with Crippen molar-refractivity contribution in [3.05, 3.63) is 29.8 Å². The van der Waals surface area contributed by atoms with Crippen LogP contribution < -0.4 is 5.32 Å². The van der Waals surface area contributed by atoms with E-state index in [1.54, 1.807) is 6.07 Å². The highest BCUT2D eigenvalue weighted by Crippen LogP contribution is 2.14. The number of fused-ring (bicyclic) bond motifs is 1. The molecular weight excluding hydrogens is 345 g/mol. The van der Waals surface area contributed by atoms with Crippen molar-refractivity contribution in [2.45, 2.75) is 25.2 Å². The summed E-state index contributed by atoms with van der Waals surface area (Å²) in [5.41, 5.74) is 1.22. The van der Waals surface area contributed by atoms with Crippen molar-refractivity contribution in [3.63, 3.8) is 0 Å². The van der Waals surface area contributed by atoms with Crippen LogP contribution >= 0.6 is 0 Å². The van der Waals surface area contributed by atoms with E-state index in [0.29, 0.717) is 36.5 Å². The molecular formula is C17H22FN3O5. The molecule has 3 N–H and O–H groups in total. The Morgan fingerprint density at radius 1 is 1.50 bits per heavy atom. The van der Waals surface area contributed by atoms with Crippen LogP contribution in [0.2, 0.25) is 0 Å². The largest absolute Gasteiger partial charge is 0.394 e. The predicted octanol–water partition coefficient (Wildman–Crippen LogP) is 0.501. The summed E-state index contributed by atoms with van der Waals surface area (Å²) in [6.07, 6.45) is 0.464. The van der Waals surface area contributed by atoms with Gasteiger partial charge >= 0.3 is 0 Å². The number of H-pyrrole nitrogens is 1. The van der Waals surface area contributed by atoms with Crippen molar-refractivity contribution in [3.8, 4) is 0 Å². The number of aliphatic hydroxyl groups is 1. The van der Waals surface area contributed by atoms with Crippen LogP contribution in [0.25, 0.3) is 11.0 Å². The zero-order valence-electron chi connectivity index (χ0n) is 14.2. The van der Waals surface area contributed by atoms with Gasteiger partial charge in [0.15, 0.2) is 0 Å². The fourth-order valence-electron chi connectivity index (χ4n) is 2.85. The number of aromatic nitrogens is 2. The third-order valence-electron chi connectivity index (χ3n) is 4.03. The second-order valence-corrected chi connectivity index (χ2v) is 6.01. The molecule has 1 aliphatic rings. The number of halogens is 1. The molecule has 26 heavy (non-hydrogen) atoms. The summed E-state index contributed by atoms with van der Waals surface area (Å²) in [6, 6.07) is 3.99. The Labute approximate surface area is 149 Å². The molecule has 2 atom stereocenters. The van der Waals surface area contributed by atoms with E-state index in [2.05, 4.69) is 15.3 Å². The molecule has 3 rings (SSSR count). The molecule has 2 heterocycles. The van der Waals surface area contributed by atoms with Crippen molar-refractivity contribution in [2.75, 3.05) is 33.0 Å². The Bertz CT molecular complexity index is 738. The van der Waals surface area contributed by atoms with E-state index in [0.717, 1.165) is 0 Å². The normalized spacial score (nSPS) is 20.4. The molecule has 1 saturated heterocycles. The van der Waals surface area contributed by atoms with Crippen LogP contribution in [0.1, 0.15) is 12.2 Å². The van der Waals surface area contributed by atoms with E-state index < -0.39 is 0 Å². The van der Waals surface area contributed by atoms with E-state index in [4.69, 9.17) is 19.3 Å². The van der Waals surface area contributed by atoms with Gasteiger partial charge in [-0.15, -0.1) is 0 Å². The van der Waals surface area contributed by atoms with E-state index in [9.17, 15) is 9.18 Å². The number of aromatic amines is 1. The lowest BCUT2D eigenvalue weighted by Crippen LogP contribution is -2.51. The number of imidazole rings is 1. The molecule has 0 radical (unpaired) electrons. The van der Waals surface area contributed by atoms with E-state index in [-0.39, 0.29) is 50.3 Å². The molecule has 2 aromatic rings. The molecule has 142 valence electrons. The van der Waals surface area contributed by atoms with Crippen molar-refractivity contribution in [2.24, 2.45) is 0 Å². The zero-order valence-corrected chi connectivity index (χ0v) is 14.2. The fourth-order valence-corrected chi connectivity index (χ4v) is 2.85. The van der Waals surface area contributed by atoms with Crippen molar-refractivity contribution in [1.82, 2.24) is 15.3 Å². The lowest BCUT2D eigenvalue weighted by molar-refractivity contribution is -0.131. The highest BCUT2D eigenvalue weighted by atomic mass is 19.1. The van der Waals surface area contributed by atoms with Gasteiger partial charge in [-0.25, -0.2) is 9.37 Å². The van der Waals surface area contributed by atoms with Gasteiger partial charge in [-0.3, -0.25) is 4.79 Å². The first-order chi connectivity index (χ1) is 12.7. The Morgan fingerprint density at radius 2 is 2.38 bits per heavy atom. The number of nitrogens with zero attached hydrogens (tertiary/aromatic N) is 1. The van der Waals surface area contributed by atoms with Gasteiger partial charge in [0, 0.05) is 6.61 Å². The molecule has 9 heteroatoms. The molecule has 1 amide bonds. The minimum atomic E-state index is -0.347. The Kier molecular flexibility index (Phi) is 6.51. The van der Waals surface area contributed by atoms with Gasteiger partial charge in [-0.1, -0.05) is 0 Å². The lowest BCUT2D eigenvalue weighted by Gasteiger charge is -2.31. The number of ether oxygens (including phenoxy) is 3. The van der Waals surface area contributed by atoms with Crippen LogP contribution in [0.3, 0.4) is 0 Å². The van der Waals surface area contributed by atoms with Crippen molar-refractivity contribution in [1.29, 1.82) is 0 Å². The summed E-state index contributed by atoms with van der Waals surface area (Å²) < 4.78 is 29.4. The molecule has 0 saturated carbocycles. The maximum Gasteiger partial charge on any atom is 0.246 e. The fraction of sp³-hybridized carbons (Fsp3) is 0.529. The maximum atomic E-state index is 13.2. The lowest BCUT2D eigenvalue weighted by atomic mass is 10.1. The Hall–Kier alpha value is -2.07. The Morgan fingerprint density at radius 3 is 3.23 bits per heavy atom. The number of amides is 1. The van der Waals surface area contributed by atoms with Crippen LogP contribution in [-0.4, -0.2) is 66.2 Å². The van der Waals surface area contributed by atoms with E-state index >= 15 is 0 Å². The summed E-state index contributed by atoms with van der Waals surface area (Å²) >= 11 is 0.